The number of anilines is 2. The number of thioether (sulfide) groups is 1. The first-order valence-electron chi connectivity index (χ1n) is 6.34. The van der Waals surface area contributed by atoms with Gasteiger partial charge in [0.25, 0.3) is 0 Å². The molecule has 1 saturated heterocycles. The van der Waals surface area contributed by atoms with Gasteiger partial charge in [0.2, 0.25) is 0 Å². The van der Waals surface area contributed by atoms with E-state index in [1.165, 1.54) is 23.1 Å². The van der Waals surface area contributed by atoms with Crippen molar-refractivity contribution in [3.63, 3.8) is 0 Å². The van der Waals surface area contributed by atoms with Crippen molar-refractivity contribution in [3.05, 3.63) is 4.88 Å². The lowest BCUT2D eigenvalue weighted by Gasteiger charge is -2.28. The van der Waals surface area contributed by atoms with Crippen LogP contribution in [0.3, 0.4) is 0 Å². The van der Waals surface area contributed by atoms with Gasteiger partial charge in [-0.25, -0.2) is 8.42 Å². The molecule has 1 aromatic heterocycles. The largest absolute Gasteiger partial charge is 0.396 e. The molecule has 0 unspecified atom stereocenters. The van der Waals surface area contributed by atoms with Crippen LogP contribution in [0.2, 0.25) is 0 Å². The number of carbonyl (C=O) groups excluding carboxylic acids is 1. The first kappa shape index (κ1) is 15.7. The molecular weight excluding hydrogens is 316 g/mol. The van der Waals surface area contributed by atoms with Crippen LogP contribution < -0.4 is 10.6 Å². The SMILES string of the molecule is CCC(=O)c1sc(N2CCS(=O)(=O)CC2)c(SC)c1N. The highest BCUT2D eigenvalue weighted by atomic mass is 32.2. The summed E-state index contributed by atoms with van der Waals surface area (Å²) in [6.07, 6.45) is 2.34. The normalized spacial score (nSPS) is 18.2. The smallest absolute Gasteiger partial charge is 0.174 e. The fourth-order valence-corrected chi connectivity index (χ4v) is 5.55. The van der Waals surface area contributed by atoms with Gasteiger partial charge in [0.15, 0.2) is 15.6 Å². The number of thiophene rings is 1. The number of rotatable bonds is 4. The molecule has 20 heavy (non-hydrogen) atoms. The van der Waals surface area contributed by atoms with Gasteiger partial charge >= 0.3 is 0 Å². The van der Waals surface area contributed by atoms with Gasteiger partial charge in [-0.15, -0.1) is 23.1 Å². The van der Waals surface area contributed by atoms with Gasteiger partial charge in [-0.3, -0.25) is 4.79 Å². The van der Waals surface area contributed by atoms with E-state index < -0.39 is 9.84 Å². The number of nitrogens with two attached hydrogens (primary N) is 1. The molecule has 2 N–H and O–H groups in total. The quantitative estimate of drug-likeness (QED) is 0.669. The second-order valence-electron chi connectivity index (χ2n) is 4.60. The molecule has 0 radical (unpaired) electrons. The number of ketones is 1. The minimum Gasteiger partial charge on any atom is -0.396 e. The first-order valence-corrected chi connectivity index (χ1v) is 10.2. The van der Waals surface area contributed by atoms with Crippen LogP contribution in [0.5, 0.6) is 0 Å². The molecule has 0 aromatic carbocycles. The van der Waals surface area contributed by atoms with Crippen LogP contribution in [-0.4, -0.2) is 45.1 Å². The Kier molecular flexibility index (Phi) is 4.66. The van der Waals surface area contributed by atoms with Gasteiger partial charge < -0.3 is 10.6 Å². The molecule has 0 aliphatic carbocycles. The zero-order chi connectivity index (χ0) is 14.9. The lowest BCUT2D eigenvalue weighted by Crippen LogP contribution is -2.40. The molecule has 1 aliphatic heterocycles. The van der Waals surface area contributed by atoms with E-state index in [-0.39, 0.29) is 17.3 Å². The third-order valence-corrected chi connectivity index (χ3v) is 7.16. The van der Waals surface area contributed by atoms with Gasteiger partial charge in [0, 0.05) is 19.5 Å². The fraction of sp³-hybridized carbons (Fsp3) is 0.583. The van der Waals surface area contributed by atoms with E-state index in [0.29, 0.717) is 30.1 Å². The highest BCUT2D eigenvalue weighted by molar-refractivity contribution is 7.99. The second kappa shape index (κ2) is 5.95. The third kappa shape index (κ3) is 2.96. The van der Waals surface area contributed by atoms with Crippen molar-refractivity contribution >= 4 is 49.4 Å². The van der Waals surface area contributed by atoms with Crippen molar-refractivity contribution in [2.24, 2.45) is 0 Å². The van der Waals surface area contributed by atoms with Gasteiger partial charge in [0.1, 0.15) is 5.00 Å². The van der Waals surface area contributed by atoms with E-state index in [9.17, 15) is 13.2 Å². The van der Waals surface area contributed by atoms with E-state index in [0.717, 1.165) is 9.90 Å². The van der Waals surface area contributed by atoms with Gasteiger partial charge in [-0.2, -0.15) is 0 Å². The Morgan fingerprint density at radius 3 is 2.50 bits per heavy atom. The Hall–Kier alpha value is -0.730. The Morgan fingerprint density at radius 2 is 2.00 bits per heavy atom. The predicted molar refractivity (Wildman–Crippen MR) is 86.0 cm³/mol. The second-order valence-corrected chi connectivity index (χ2v) is 8.72. The minimum atomic E-state index is -2.91. The molecule has 1 aromatic rings. The number of sulfone groups is 1. The van der Waals surface area contributed by atoms with Crippen LogP contribution in [0.25, 0.3) is 0 Å². The van der Waals surface area contributed by atoms with Gasteiger partial charge in [0.05, 0.1) is 27.0 Å². The summed E-state index contributed by atoms with van der Waals surface area (Å²) in [5.74, 6) is 0.365. The van der Waals surface area contributed by atoms with Crippen LogP contribution in [-0.2, 0) is 9.84 Å². The monoisotopic (exact) mass is 334 g/mol. The number of hydrogen-bond acceptors (Lipinski definition) is 7. The number of hydrogen-bond donors (Lipinski definition) is 1. The fourth-order valence-electron chi connectivity index (χ4n) is 2.10. The Bertz CT molecular complexity index is 608. The maximum atomic E-state index is 11.9. The molecule has 5 nitrogen and oxygen atoms in total. The Labute approximate surface area is 127 Å². The lowest BCUT2D eigenvalue weighted by atomic mass is 10.2. The van der Waals surface area contributed by atoms with Crippen LogP contribution in [0, 0.1) is 0 Å². The first-order chi connectivity index (χ1) is 9.39. The minimum absolute atomic E-state index is 0.0404. The highest BCUT2D eigenvalue weighted by Gasteiger charge is 2.27. The van der Waals surface area contributed by atoms with Crippen molar-refractivity contribution in [1.29, 1.82) is 0 Å². The average Bonchev–Trinajstić information content (AvgIpc) is 2.75. The van der Waals surface area contributed by atoms with Crippen molar-refractivity contribution < 1.29 is 13.2 Å². The van der Waals surface area contributed by atoms with Crippen LogP contribution in [0.1, 0.15) is 23.0 Å². The molecule has 0 spiro atoms. The van der Waals surface area contributed by atoms with Crippen LogP contribution in [0.15, 0.2) is 4.90 Å². The third-order valence-electron chi connectivity index (χ3n) is 3.29. The number of carbonyl (C=O) groups is 1. The van der Waals surface area contributed by atoms with Crippen molar-refractivity contribution in [3.8, 4) is 0 Å². The summed E-state index contributed by atoms with van der Waals surface area (Å²) in [5, 5.41) is 0.932. The molecule has 1 aliphatic rings. The van der Waals surface area contributed by atoms with Crippen molar-refractivity contribution in [1.82, 2.24) is 0 Å². The molecular formula is C12H18N2O3S3. The van der Waals surface area contributed by atoms with E-state index in [1.54, 1.807) is 0 Å². The van der Waals surface area contributed by atoms with Gasteiger partial charge in [-0.05, 0) is 6.26 Å². The van der Waals surface area contributed by atoms with Gasteiger partial charge in [-0.1, -0.05) is 6.92 Å². The molecule has 2 heterocycles. The molecule has 0 saturated carbocycles. The number of Topliss-reactive ketones (excluding diaryl/α,β-unsaturated/α-hetero) is 1. The zero-order valence-electron chi connectivity index (χ0n) is 11.5. The molecule has 8 heteroatoms. The average molecular weight is 334 g/mol. The summed E-state index contributed by atoms with van der Waals surface area (Å²) in [6, 6.07) is 0. The van der Waals surface area contributed by atoms with Crippen LogP contribution in [0.4, 0.5) is 10.7 Å². The topological polar surface area (TPSA) is 80.5 Å². The molecule has 0 amide bonds. The predicted octanol–water partition coefficient (Wildman–Crippen LogP) is 1.88. The summed E-state index contributed by atoms with van der Waals surface area (Å²) in [6.45, 7) is 2.75. The van der Waals surface area contributed by atoms with Crippen molar-refractivity contribution in [2.75, 3.05) is 41.5 Å². The maximum Gasteiger partial charge on any atom is 0.174 e. The highest BCUT2D eigenvalue weighted by Crippen LogP contribution is 2.44. The Balaban J connectivity index is 2.35. The molecule has 112 valence electrons. The standard InChI is InChI=1S/C12H18N2O3S3/c1-3-8(15)10-9(13)11(18-2)12(19-10)14-4-6-20(16,17)7-5-14/h3-7,13H2,1-2H3. The van der Waals surface area contributed by atoms with E-state index in [4.69, 9.17) is 5.73 Å². The van der Waals surface area contributed by atoms with E-state index >= 15 is 0 Å². The summed E-state index contributed by atoms with van der Waals surface area (Å²) in [7, 11) is -2.91. The molecule has 1 fully saturated rings. The Morgan fingerprint density at radius 1 is 1.40 bits per heavy atom. The molecule has 2 rings (SSSR count). The van der Waals surface area contributed by atoms with Crippen LogP contribution >= 0.6 is 23.1 Å². The maximum absolute atomic E-state index is 11.9. The summed E-state index contributed by atoms with van der Waals surface area (Å²) in [5.41, 5.74) is 6.61. The zero-order valence-corrected chi connectivity index (χ0v) is 14.0. The van der Waals surface area contributed by atoms with Crippen molar-refractivity contribution in [2.45, 2.75) is 18.2 Å². The van der Waals surface area contributed by atoms with E-state index in [1.807, 2.05) is 18.1 Å². The lowest BCUT2D eigenvalue weighted by molar-refractivity contribution is 0.0992. The summed E-state index contributed by atoms with van der Waals surface area (Å²) >= 11 is 2.89. The molecule has 0 atom stereocenters. The summed E-state index contributed by atoms with van der Waals surface area (Å²) < 4.78 is 23.0. The molecule has 0 bridgehead atoms. The van der Waals surface area contributed by atoms with E-state index in [2.05, 4.69) is 0 Å². The summed E-state index contributed by atoms with van der Waals surface area (Å²) in [4.78, 5) is 15.4. The number of nitrogen functional groups attached to an aromatic ring is 1. The number of nitrogens with zero attached hydrogens (tertiary/aromatic N) is 1.